The number of piperidine rings is 1. The van der Waals surface area contributed by atoms with Gasteiger partial charge in [0.1, 0.15) is 15.1 Å². The number of pyridine rings is 1. The van der Waals surface area contributed by atoms with E-state index in [4.69, 9.17) is 11.6 Å². The second kappa shape index (κ2) is 8.02. The van der Waals surface area contributed by atoms with E-state index in [1.54, 1.807) is 0 Å². The number of carbonyl (C=O) groups excluding carboxylic acids is 1. The van der Waals surface area contributed by atoms with E-state index in [9.17, 15) is 13.2 Å². The highest BCUT2D eigenvalue weighted by Crippen LogP contribution is 2.30. The maximum atomic E-state index is 12.8. The van der Waals surface area contributed by atoms with Gasteiger partial charge in [0, 0.05) is 30.6 Å². The molecule has 0 atom stereocenters. The van der Waals surface area contributed by atoms with Gasteiger partial charge in [-0.1, -0.05) is 43.7 Å². The third kappa shape index (κ3) is 4.51. The zero-order valence-electron chi connectivity index (χ0n) is 15.8. The van der Waals surface area contributed by atoms with Crippen LogP contribution in [-0.2, 0) is 20.2 Å². The van der Waals surface area contributed by atoms with Gasteiger partial charge in [0.25, 0.3) is 0 Å². The molecule has 0 unspecified atom stereocenters. The Kier molecular flexibility index (Phi) is 6.04. The Labute approximate surface area is 173 Å². The lowest BCUT2D eigenvalue weighted by Gasteiger charge is -2.30. The van der Waals surface area contributed by atoms with Crippen LogP contribution in [0.15, 0.2) is 23.2 Å². The van der Waals surface area contributed by atoms with Gasteiger partial charge in [0.05, 0.1) is 0 Å². The van der Waals surface area contributed by atoms with E-state index >= 15 is 0 Å². The summed E-state index contributed by atoms with van der Waals surface area (Å²) in [6, 6.07) is 2.97. The highest BCUT2D eigenvalue weighted by molar-refractivity contribution is 7.89. The van der Waals surface area contributed by atoms with Crippen molar-refractivity contribution in [2.45, 2.75) is 43.9 Å². The average molecular weight is 444 g/mol. The lowest BCUT2D eigenvalue weighted by molar-refractivity contribution is -0.120. The first-order valence-electron chi connectivity index (χ1n) is 8.84. The fraction of sp³-hybridized carbons (Fsp3) is 0.529. The Bertz CT molecular complexity index is 963. The molecule has 152 valence electrons. The number of sulfonamides is 1. The maximum Gasteiger partial charge on any atom is 0.246 e. The third-order valence-corrected chi connectivity index (χ3v) is 8.07. The van der Waals surface area contributed by atoms with Crippen molar-refractivity contribution in [3.8, 4) is 0 Å². The highest BCUT2D eigenvalue weighted by atomic mass is 35.5. The standard InChI is InChI=1S/C17H22ClN5O3S2/c1-17(2,3)15-21-22-16(27-15)20-14(24)11-6-9-23(10-7-11)28(25,26)12-5-4-8-19-13(12)18/h4-5,8,11H,6-7,9-10H2,1-3H3,(H,20,22,24). The average Bonchev–Trinajstić information content (AvgIpc) is 3.11. The summed E-state index contributed by atoms with van der Waals surface area (Å²) in [5.74, 6) is -0.439. The molecule has 1 fully saturated rings. The van der Waals surface area contributed by atoms with Crippen LogP contribution < -0.4 is 5.32 Å². The fourth-order valence-corrected chi connectivity index (χ4v) is 5.55. The number of amides is 1. The predicted octanol–water partition coefficient (Wildman–Crippen LogP) is 2.92. The van der Waals surface area contributed by atoms with Crippen molar-refractivity contribution >= 4 is 44.0 Å². The molecule has 28 heavy (non-hydrogen) atoms. The number of hydrogen-bond donors (Lipinski definition) is 1. The third-order valence-electron chi connectivity index (χ3n) is 4.46. The molecule has 0 aromatic carbocycles. The number of anilines is 1. The molecule has 0 spiro atoms. The van der Waals surface area contributed by atoms with Gasteiger partial charge in [0.2, 0.25) is 21.1 Å². The van der Waals surface area contributed by atoms with Crippen molar-refractivity contribution in [3.63, 3.8) is 0 Å². The number of nitrogens with zero attached hydrogens (tertiary/aromatic N) is 4. The van der Waals surface area contributed by atoms with E-state index in [2.05, 4.69) is 20.5 Å². The van der Waals surface area contributed by atoms with E-state index in [1.807, 2.05) is 20.8 Å². The molecular weight excluding hydrogens is 422 g/mol. The molecule has 3 rings (SSSR count). The van der Waals surface area contributed by atoms with Crippen molar-refractivity contribution < 1.29 is 13.2 Å². The first-order valence-corrected chi connectivity index (χ1v) is 11.5. The zero-order chi connectivity index (χ0) is 20.5. The Morgan fingerprint density at radius 3 is 2.54 bits per heavy atom. The Balaban J connectivity index is 1.61. The van der Waals surface area contributed by atoms with Gasteiger partial charge in [-0.2, -0.15) is 4.31 Å². The number of nitrogens with one attached hydrogen (secondary N) is 1. The van der Waals surface area contributed by atoms with Crippen LogP contribution in [0.2, 0.25) is 5.15 Å². The molecule has 1 aliphatic rings. The first kappa shape index (κ1) is 21.1. The molecule has 0 bridgehead atoms. The van der Waals surface area contributed by atoms with E-state index in [-0.39, 0.29) is 40.4 Å². The Hall–Kier alpha value is -1.62. The monoisotopic (exact) mass is 443 g/mol. The van der Waals surface area contributed by atoms with Crippen LogP contribution in [0.5, 0.6) is 0 Å². The van der Waals surface area contributed by atoms with Gasteiger partial charge < -0.3 is 5.32 Å². The molecule has 1 N–H and O–H groups in total. The van der Waals surface area contributed by atoms with Crippen LogP contribution in [0, 0.1) is 5.92 Å². The summed E-state index contributed by atoms with van der Waals surface area (Å²) in [6.45, 7) is 6.58. The molecule has 0 radical (unpaired) electrons. The molecule has 1 aliphatic heterocycles. The zero-order valence-corrected chi connectivity index (χ0v) is 18.2. The molecule has 3 heterocycles. The van der Waals surface area contributed by atoms with Gasteiger partial charge in [-0.05, 0) is 25.0 Å². The van der Waals surface area contributed by atoms with Gasteiger partial charge in [-0.25, -0.2) is 13.4 Å². The lowest BCUT2D eigenvalue weighted by Crippen LogP contribution is -2.41. The van der Waals surface area contributed by atoms with Gasteiger partial charge in [-0.15, -0.1) is 10.2 Å². The van der Waals surface area contributed by atoms with Crippen molar-refractivity contribution in [2.75, 3.05) is 18.4 Å². The lowest BCUT2D eigenvalue weighted by atomic mass is 9.97. The predicted molar refractivity (Wildman–Crippen MR) is 108 cm³/mol. The molecular formula is C17H22ClN5O3S2. The van der Waals surface area contributed by atoms with Crippen LogP contribution in [0.25, 0.3) is 0 Å². The van der Waals surface area contributed by atoms with Crippen LogP contribution in [0.4, 0.5) is 5.13 Å². The van der Waals surface area contributed by atoms with E-state index in [0.29, 0.717) is 18.0 Å². The van der Waals surface area contributed by atoms with Crippen LogP contribution in [-0.4, -0.2) is 46.9 Å². The van der Waals surface area contributed by atoms with Crippen molar-refractivity contribution in [2.24, 2.45) is 5.92 Å². The summed E-state index contributed by atoms with van der Waals surface area (Å²) in [7, 11) is -3.73. The smallest absolute Gasteiger partial charge is 0.246 e. The van der Waals surface area contributed by atoms with Crippen LogP contribution in [0.3, 0.4) is 0 Å². The highest BCUT2D eigenvalue weighted by Gasteiger charge is 2.33. The Morgan fingerprint density at radius 2 is 1.96 bits per heavy atom. The van der Waals surface area contributed by atoms with E-state index < -0.39 is 10.0 Å². The van der Waals surface area contributed by atoms with E-state index in [1.165, 1.54) is 34.0 Å². The van der Waals surface area contributed by atoms with Crippen LogP contribution in [0.1, 0.15) is 38.6 Å². The molecule has 1 saturated heterocycles. The Morgan fingerprint density at radius 1 is 1.29 bits per heavy atom. The summed E-state index contributed by atoms with van der Waals surface area (Å²) in [4.78, 5) is 16.4. The van der Waals surface area contributed by atoms with Crippen LogP contribution >= 0.6 is 22.9 Å². The largest absolute Gasteiger partial charge is 0.300 e. The van der Waals surface area contributed by atoms with Crippen molar-refractivity contribution in [3.05, 3.63) is 28.5 Å². The number of halogens is 1. The minimum Gasteiger partial charge on any atom is -0.300 e. The van der Waals surface area contributed by atoms with Crippen molar-refractivity contribution in [1.82, 2.24) is 19.5 Å². The minimum absolute atomic E-state index is 0.0110. The quantitative estimate of drug-likeness (QED) is 0.728. The molecule has 0 aliphatic carbocycles. The number of rotatable bonds is 4. The summed E-state index contributed by atoms with van der Waals surface area (Å²) < 4.78 is 26.9. The fourth-order valence-electron chi connectivity index (χ4n) is 2.85. The van der Waals surface area contributed by atoms with Gasteiger partial charge in [-0.3, -0.25) is 4.79 Å². The SMILES string of the molecule is CC(C)(C)c1nnc(NC(=O)C2CCN(S(=O)(=O)c3cccnc3Cl)CC2)s1. The molecule has 11 heteroatoms. The number of hydrogen-bond acceptors (Lipinski definition) is 7. The molecule has 2 aromatic rings. The molecule has 0 saturated carbocycles. The number of aromatic nitrogens is 3. The first-order chi connectivity index (χ1) is 13.1. The second-order valence-electron chi connectivity index (χ2n) is 7.62. The molecule has 1 amide bonds. The van der Waals surface area contributed by atoms with Crippen molar-refractivity contribution in [1.29, 1.82) is 0 Å². The second-order valence-corrected chi connectivity index (χ2v) is 10.9. The van der Waals surface area contributed by atoms with E-state index in [0.717, 1.165) is 5.01 Å². The molecule has 2 aromatic heterocycles. The summed E-state index contributed by atoms with van der Waals surface area (Å²) in [6.07, 6.45) is 2.29. The normalized spacial score (nSPS) is 16.9. The topological polar surface area (TPSA) is 105 Å². The van der Waals surface area contributed by atoms with Gasteiger partial charge in [0.15, 0.2) is 0 Å². The van der Waals surface area contributed by atoms with Gasteiger partial charge >= 0.3 is 0 Å². The minimum atomic E-state index is -3.73. The summed E-state index contributed by atoms with van der Waals surface area (Å²) in [5, 5.41) is 12.2. The summed E-state index contributed by atoms with van der Waals surface area (Å²) in [5.41, 5.74) is -0.131. The summed E-state index contributed by atoms with van der Waals surface area (Å²) >= 11 is 7.29. The number of carbonyl (C=O) groups is 1. The molecule has 8 nitrogen and oxygen atoms in total. The maximum absolute atomic E-state index is 12.8.